The topological polar surface area (TPSA) is 26.0 Å². The van der Waals surface area contributed by atoms with Gasteiger partial charge >= 0.3 is 0 Å². The minimum Gasteiger partial charge on any atom is -0.431 e. The van der Waals surface area contributed by atoms with Crippen LogP contribution in [0.5, 0.6) is 0 Å². The first-order valence-corrected chi connectivity index (χ1v) is 9.39. The Labute approximate surface area is 155 Å². The molecule has 0 amide bonds. The van der Waals surface area contributed by atoms with Crippen LogP contribution in [-0.4, -0.2) is 4.98 Å². The molecule has 0 fully saturated rings. The highest BCUT2D eigenvalue weighted by Gasteiger charge is 2.26. The molecule has 0 saturated heterocycles. The summed E-state index contributed by atoms with van der Waals surface area (Å²) >= 11 is 8.43. The van der Waals surface area contributed by atoms with E-state index in [0.29, 0.717) is 5.22 Å². The second-order valence-corrected chi connectivity index (χ2v) is 7.27. The van der Waals surface area contributed by atoms with Crippen LogP contribution < -0.4 is 0 Å². The number of aromatic nitrogens is 1. The van der Waals surface area contributed by atoms with E-state index in [1.165, 1.54) is 0 Å². The van der Waals surface area contributed by atoms with Gasteiger partial charge in [-0.05, 0) is 23.3 Å². The van der Waals surface area contributed by atoms with Crippen molar-refractivity contribution in [3.63, 3.8) is 0 Å². The summed E-state index contributed by atoms with van der Waals surface area (Å²) in [6.45, 7) is 0. The summed E-state index contributed by atoms with van der Waals surface area (Å²) in [6.07, 6.45) is 0. The molecule has 0 radical (unpaired) electrons. The lowest BCUT2D eigenvalue weighted by Gasteiger charge is -2.21. The summed E-state index contributed by atoms with van der Waals surface area (Å²) in [5, 5.41) is 0.443. The molecule has 0 N–H and O–H groups in total. The molecule has 4 aromatic rings. The van der Waals surface area contributed by atoms with Crippen molar-refractivity contribution in [2.45, 2.75) is 15.8 Å². The third kappa shape index (κ3) is 3.58. The number of fused-ring (bicyclic) bond motifs is 1. The molecule has 0 bridgehead atoms. The van der Waals surface area contributed by atoms with Crippen LogP contribution in [0.3, 0.4) is 0 Å². The van der Waals surface area contributed by atoms with Crippen LogP contribution in [0.2, 0.25) is 0 Å². The average molecular weight is 366 g/mol. The summed E-state index contributed by atoms with van der Waals surface area (Å²) in [6, 6.07) is 28.2. The monoisotopic (exact) mass is 365 g/mol. The second kappa shape index (κ2) is 7.34. The van der Waals surface area contributed by atoms with Crippen molar-refractivity contribution in [1.29, 1.82) is 0 Å². The van der Waals surface area contributed by atoms with Gasteiger partial charge in [-0.1, -0.05) is 84.6 Å². The van der Waals surface area contributed by atoms with Crippen LogP contribution in [0.1, 0.15) is 21.8 Å². The standard InChI is InChI=1S/C21H16ClNOS/c22-19(15-9-3-1-4-10-15)20(16-11-5-2-6-12-16)25-21-23-17-13-7-8-14-18(17)24-21/h1-14,19-20H/t19-,20-/m0/s1. The van der Waals surface area contributed by atoms with Crippen molar-refractivity contribution < 1.29 is 4.42 Å². The van der Waals surface area contributed by atoms with Gasteiger partial charge in [0.25, 0.3) is 5.22 Å². The maximum atomic E-state index is 6.87. The summed E-state index contributed by atoms with van der Waals surface area (Å²) in [5.41, 5.74) is 3.89. The van der Waals surface area contributed by atoms with Gasteiger partial charge in [0, 0.05) is 0 Å². The first kappa shape index (κ1) is 16.2. The number of hydrogen-bond donors (Lipinski definition) is 0. The van der Waals surface area contributed by atoms with Crippen molar-refractivity contribution >= 4 is 34.5 Å². The van der Waals surface area contributed by atoms with Crippen LogP contribution >= 0.6 is 23.4 Å². The van der Waals surface area contributed by atoms with Gasteiger partial charge in [-0.3, -0.25) is 0 Å². The Hall–Kier alpha value is -2.23. The number of para-hydroxylation sites is 2. The highest BCUT2D eigenvalue weighted by Crippen LogP contribution is 2.47. The fourth-order valence-electron chi connectivity index (χ4n) is 2.76. The molecule has 2 nitrogen and oxygen atoms in total. The zero-order chi connectivity index (χ0) is 17.1. The molecule has 4 rings (SSSR count). The molecule has 0 unspecified atom stereocenters. The number of hydrogen-bond acceptors (Lipinski definition) is 3. The highest BCUT2D eigenvalue weighted by atomic mass is 35.5. The van der Waals surface area contributed by atoms with Crippen LogP contribution in [0.4, 0.5) is 0 Å². The first-order valence-electron chi connectivity index (χ1n) is 8.07. The molecule has 0 aliphatic rings. The average Bonchev–Trinajstić information content (AvgIpc) is 3.09. The Kier molecular flexibility index (Phi) is 4.77. The Morgan fingerprint density at radius 1 is 0.760 bits per heavy atom. The van der Waals surface area contributed by atoms with Gasteiger partial charge in [-0.2, -0.15) is 0 Å². The predicted molar refractivity (Wildman–Crippen MR) is 104 cm³/mol. The maximum absolute atomic E-state index is 6.87. The van der Waals surface area contributed by atoms with Crippen molar-refractivity contribution in [2.75, 3.05) is 0 Å². The largest absolute Gasteiger partial charge is 0.431 e. The minimum atomic E-state index is -0.191. The summed E-state index contributed by atoms with van der Waals surface area (Å²) in [7, 11) is 0. The van der Waals surface area contributed by atoms with E-state index < -0.39 is 0 Å². The Bertz CT molecular complexity index is 922. The lowest BCUT2D eigenvalue weighted by molar-refractivity contribution is 0.488. The molecule has 0 saturated carbocycles. The fraction of sp³-hybridized carbons (Fsp3) is 0.0952. The van der Waals surface area contributed by atoms with Gasteiger partial charge in [0.1, 0.15) is 5.52 Å². The number of alkyl halides is 1. The van der Waals surface area contributed by atoms with Crippen molar-refractivity contribution in [1.82, 2.24) is 4.98 Å². The summed E-state index contributed by atoms with van der Waals surface area (Å²) < 4.78 is 5.90. The van der Waals surface area contributed by atoms with E-state index in [9.17, 15) is 0 Å². The zero-order valence-corrected chi connectivity index (χ0v) is 15.0. The van der Waals surface area contributed by atoms with E-state index in [4.69, 9.17) is 16.0 Å². The van der Waals surface area contributed by atoms with Crippen molar-refractivity contribution in [2.24, 2.45) is 0 Å². The lowest BCUT2D eigenvalue weighted by atomic mass is 10.0. The molecular weight excluding hydrogens is 350 g/mol. The lowest BCUT2D eigenvalue weighted by Crippen LogP contribution is -2.03. The molecule has 4 heteroatoms. The third-order valence-electron chi connectivity index (χ3n) is 4.01. The number of thioether (sulfide) groups is 1. The van der Waals surface area contributed by atoms with Gasteiger partial charge in [0.15, 0.2) is 5.58 Å². The third-order valence-corrected chi connectivity index (χ3v) is 5.84. The van der Waals surface area contributed by atoms with E-state index in [2.05, 4.69) is 29.2 Å². The van der Waals surface area contributed by atoms with E-state index in [-0.39, 0.29) is 10.6 Å². The number of halogens is 1. The maximum Gasteiger partial charge on any atom is 0.257 e. The van der Waals surface area contributed by atoms with Gasteiger partial charge in [0.05, 0.1) is 10.6 Å². The molecular formula is C21H16ClNOS. The smallest absolute Gasteiger partial charge is 0.257 e. The van der Waals surface area contributed by atoms with Gasteiger partial charge in [-0.25, -0.2) is 4.98 Å². The van der Waals surface area contributed by atoms with E-state index >= 15 is 0 Å². The molecule has 0 spiro atoms. The SMILES string of the molecule is Cl[C@@H](c1ccccc1)[C@@H](Sc1nc2ccccc2o1)c1ccccc1. The summed E-state index contributed by atoms with van der Waals surface area (Å²) in [5.74, 6) is 0. The van der Waals surface area contributed by atoms with Gasteiger partial charge in [0.2, 0.25) is 0 Å². The molecule has 1 heterocycles. The Morgan fingerprint density at radius 3 is 2.04 bits per heavy atom. The molecule has 1 aromatic heterocycles. The van der Waals surface area contributed by atoms with E-state index in [0.717, 1.165) is 22.2 Å². The second-order valence-electron chi connectivity index (χ2n) is 5.71. The van der Waals surface area contributed by atoms with Gasteiger partial charge < -0.3 is 4.42 Å². The highest BCUT2D eigenvalue weighted by molar-refractivity contribution is 7.99. The molecule has 2 atom stereocenters. The number of oxazole rings is 1. The van der Waals surface area contributed by atoms with E-state index in [1.54, 1.807) is 11.8 Å². The van der Waals surface area contributed by atoms with E-state index in [1.807, 2.05) is 60.7 Å². The molecule has 25 heavy (non-hydrogen) atoms. The molecule has 0 aliphatic heterocycles. The fourth-order valence-corrected chi connectivity index (χ4v) is 4.28. The number of rotatable bonds is 5. The Balaban J connectivity index is 1.70. The predicted octanol–water partition coefficient (Wildman–Crippen LogP) is 6.64. The number of nitrogens with zero attached hydrogens (tertiary/aromatic N) is 1. The molecule has 0 aliphatic carbocycles. The van der Waals surface area contributed by atoms with Crippen molar-refractivity contribution in [3.8, 4) is 0 Å². The Morgan fingerprint density at radius 2 is 1.36 bits per heavy atom. The van der Waals surface area contributed by atoms with Crippen molar-refractivity contribution in [3.05, 3.63) is 96.1 Å². The van der Waals surface area contributed by atoms with Crippen LogP contribution in [-0.2, 0) is 0 Å². The van der Waals surface area contributed by atoms with Crippen LogP contribution in [0.15, 0.2) is 94.6 Å². The quantitative estimate of drug-likeness (QED) is 0.293. The zero-order valence-electron chi connectivity index (χ0n) is 13.4. The minimum absolute atomic E-state index is 0.00155. The molecule has 3 aromatic carbocycles. The van der Waals surface area contributed by atoms with Crippen LogP contribution in [0.25, 0.3) is 11.1 Å². The number of benzene rings is 3. The first-order chi connectivity index (χ1) is 12.3. The normalized spacial score (nSPS) is 13.6. The molecule has 124 valence electrons. The van der Waals surface area contributed by atoms with Crippen LogP contribution in [0, 0.1) is 0 Å². The van der Waals surface area contributed by atoms with Gasteiger partial charge in [-0.15, -0.1) is 11.6 Å². The summed E-state index contributed by atoms with van der Waals surface area (Å²) in [4.78, 5) is 4.59.